The van der Waals surface area contributed by atoms with Crippen molar-refractivity contribution in [3.63, 3.8) is 0 Å². The van der Waals surface area contributed by atoms with Gasteiger partial charge in [-0.2, -0.15) is 0 Å². The number of fused-ring (bicyclic) bond motifs is 5. The Morgan fingerprint density at radius 2 is 1.63 bits per heavy atom. The van der Waals surface area contributed by atoms with Crippen LogP contribution < -0.4 is 0 Å². The molecule has 5 nitrogen and oxygen atoms in total. The number of carboxylic acid groups (broad SMARTS) is 1. The van der Waals surface area contributed by atoms with Gasteiger partial charge in [0, 0.05) is 18.0 Å². The molecule has 2 aliphatic heterocycles. The average molecular weight is 363 g/mol. The van der Waals surface area contributed by atoms with Crippen LogP contribution >= 0.6 is 0 Å². The molecule has 2 fully saturated rings. The SMILES string of the molecule is O=C(O)C1CC2CCC1N2C(=O)OCC1c2ccccc2-c2ccccc21. The number of carbonyl (C=O) groups is 2. The van der Waals surface area contributed by atoms with E-state index >= 15 is 0 Å². The monoisotopic (exact) mass is 363 g/mol. The molecular formula is C22H21NO4. The third-order valence-corrected chi connectivity index (χ3v) is 6.40. The molecule has 5 rings (SSSR count). The van der Waals surface area contributed by atoms with Gasteiger partial charge in [0.1, 0.15) is 6.61 Å². The lowest BCUT2D eigenvalue weighted by atomic mass is 9.89. The maximum Gasteiger partial charge on any atom is 0.410 e. The molecule has 27 heavy (non-hydrogen) atoms. The number of nitrogens with zero attached hydrogens (tertiary/aromatic N) is 1. The van der Waals surface area contributed by atoms with E-state index < -0.39 is 11.9 Å². The van der Waals surface area contributed by atoms with Crippen molar-refractivity contribution in [1.29, 1.82) is 0 Å². The quantitative estimate of drug-likeness (QED) is 0.899. The molecule has 2 aromatic carbocycles. The lowest BCUT2D eigenvalue weighted by Crippen LogP contribution is -2.38. The number of rotatable bonds is 3. The lowest BCUT2D eigenvalue weighted by molar-refractivity contribution is -0.142. The van der Waals surface area contributed by atoms with Gasteiger partial charge in [0.25, 0.3) is 0 Å². The number of carbonyl (C=O) groups excluding carboxylic acids is 1. The van der Waals surface area contributed by atoms with Crippen molar-refractivity contribution in [3.05, 3.63) is 59.7 Å². The fourth-order valence-corrected chi connectivity index (χ4v) is 5.21. The average Bonchev–Trinajstić information content (AvgIpc) is 3.36. The second-order valence-electron chi connectivity index (χ2n) is 7.69. The van der Waals surface area contributed by atoms with Gasteiger partial charge in [-0.25, -0.2) is 4.79 Å². The molecule has 2 bridgehead atoms. The summed E-state index contributed by atoms with van der Waals surface area (Å²) in [6.45, 7) is 0.278. The van der Waals surface area contributed by atoms with E-state index in [0.717, 1.165) is 12.8 Å². The standard InChI is InChI=1S/C22H21NO4/c24-21(25)18-11-13-9-10-20(18)23(13)22(26)27-12-19-16-7-3-1-5-14(16)15-6-2-4-8-17(15)19/h1-8,13,18-20H,9-12H2,(H,24,25). The highest BCUT2D eigenvalue weighted by atomic mass is 16.6. The molecule has 3 atom stereocenters. The van der Waals surface area contributed by atoms with E-state index in [1.54, 1.807) is 4.90 Å². The van der Waals surface area contributed by atoms with Crippen LogP contribution in [0.25, 0.3) is 11.1 Å². The Morgan fingerprint density at radius 1 is 1.00 bits per heavy atom. The van der Waals surface area contributed by atoms with Crippen LogP contribution in [0.1, 0.15) is 36.3 Å². The largest absolute Gasteiger partial charge is 0.481 e. The van der Waals surface area contributed by atoms with Gasteiger partial charge >= 0.3 is 12.1 Å². The van der Waals surface area contributed by atoms with Gasteiger partial charge in [-0.05, 0) is 41.5 Å². The maximum atomic E-state index is 12.8. The molecule has 3 aliphatic rings. The summed E-state index contributed by atoms with van der Waals surface area (Å²) in [4.78, 5) is 25.9. The first-order valence-electron chi connectivity index (χ1n) is 9.51. The van der Waals surface area contributed by atoms with Crippen molar-refractivity contribution in [3.8, 4) is 11.1 Å². The van der Waals surface area contributed by atoms with Crippen LogP contribution in [0.15, 0.2) is 48.5 Å². The third-order valence-electron chi connectivity index (χ3n) is 6.40. The fraction of sp³-hybridized carbons (Fsp3) is 0.364. The van der Waals surface area contributed by atoms with Crippen LogP contribution in [-0.4, -0.2) is 40.8 Å². The summed E-state index contributed by atoms with van der Waals surface area (Å²) < 4.78 is 5.73. The zero-order chi connectivity index (χ0) is 18.5. The predicted molar refractivity (Wildman–Crippen MR) is 99.5 cm³/mol. The van der Waals surface area contributed by atoms with Crippen LogP contribution in [0.2, 0.25) is 0 Å². The van der Waals surface area contributed by atoms with Crippen LogP contribution in [-0.2, 0) is 9.53 Å². The molecule has 1 amide bonds. The molecule has 0 spiro atoms. The zero-order valence-corrected chi connectivity index (χ0v) is 14.9. The smallest absolute Gasteiger partial charge is 0.410 e. The van der Waals surface area contributed by atoms with Crippen LogP contribution in [0.3, 0.4) is 0 Å². The highest BCUT2D eigenvalue weighted by Gasteiger charge is 2.52. The number of benzene rings is 2. The minimum Gasteiger partial charge on any atom is -0.481 e. The number of carboxylic acids is 1. The molecule has 0 aromatic heterocycles. The van der Waals surface area contributed by atoms with Gasteiger partial charge in [-0.3, -0.25) is 4.79 Å². The number of amides is 1. The first-order chi connectivity index (χ1) is 13.1. The number of aliphatic carboxylic acids is 1. The van der Waals surface area contributed by atoms with E-state index in [2.05, 4.69) is 24.3 Å². The van der Waals surface area contributed by atoms with Crippen molar-refractivity contribution < 1.29 is 19.4 Å². The molecule has 2 saturated heterocycles. The van der Waals surface area contributed by atoms with E-state index in [1.165, 1.54) is 22.3 Å². The minimum absolute atomic E-state index is 0.00625. The van der Waals surface area contributed by atoms with Crippen LogP contribution in [0, 0.1) is 5.92 Å². The van der Waals surface area contributed by atoms with Gasteiger partial charge in [0.05, 0.1) is 5.92 Å². The molecule has 3 unspecified atom stereocenters. The topological polar surface area (TPSA) is 66.8 Å². The Hall–Kier alpha value is -2.82. The summed E-state index contributed by atoms with van der Waals surface area (Å²) in [5.41, 5.74) is 4.75. The molecule has 2 aromatic rings. The Balaban J connectivity index is 1.35. The molecule has 0 radical (unpaired) electrons. The number of ether oxygens (including phenoxy) is 1. The van der Waals surface area contributed by atoms with Crippen LogP contribution in [0.4, 0.5) is 4.79 Å². The first-order valence-corrected chi connectivity index (χ1v) is 9.51. The predicted octanol–water partition coefficient (Wildman–Crippen LogP) is 3.87. The highest BCUT2D eigenvalue weighted by molar-refractivity contribution is 5.79. The van der Waals surface area contributed by atoms with E-state index in [-0.39, 0.29) is 30.7 Å². The maximum absolute atomic E-state index is 12.8. The van der Waals surface area contributed by atoms with Crippen molar-refractivity contribution in [2.24, 2.45) is 5.92 Å². The second kappa shape index (κ2) is 6.12. The minimum atomic E-state index is -0.807. The molecule has 1 aliphatic carbocycles. The third kappa shape index (κ3) is 2.45. The van der Waals surface area contributed by atoms with Crippen molar-refractivity contribution in [2.75, 3.05) is 6.61 Å². The number of hydrogen-bond donors (Lipinski definition) is 1. The summed E-state index contributed by atoms with van der Waals surface area (Å²) in [6, 6.07) is 16.3. The summed E-state index contributed by atoms with van der Waals surface area (Å²) in [5, 5.41) is 9.38. The Bertz CT molecular complexity index is 879. The summed E-state index contributed by atoms with van der Waals surface area (Å²) in [7, 11) is 0. The molecule has 138 valence electrons. The van der Waals surface area contributed by atoms with Gasteiger partial charge < -0.3 is 14.7 Å². The molecular weight excluding hydrogens is 342 g/mol. The summed E-state index contributed by atoms with van der Waals surface area (Å²) >= 11 is 0. The van der Waals surface area contributed by atoms with Gasteiger partial charge in [0.2, 0.25) is 0 Å². The van der Waals surface area contributed by atoms with Crippen molar-refractivity contribution in [2.45, 2.75) is 37.3 Å². The fourth-order valence-electron chi connectivity index (χ4n) is 5.21. The lowest BCUT2D eigenvalue weighted by Gasteiger charge is -2.23. The molecule has 5 heteroatoms. The Kier molecular flexibility index (Phi) is 3.71. The Labute approximate surface area is 157 Å². The zero-order valence-electron chi connectivity index (χ0n) is 14.9. The molecule has 2 heterocycles. The van der Waals surface area contributed by atoms with Crippen LogP contribution in [0.5, 0.6) is 0 Å². The normalized spacial score (nSPS) is 25.3. The van der Waals surface area contributed by atoms with Gasteiger partial charge in [-0.1, -0.05) is 48.5 Å². The molecule has 0 saturated carbocycles. The van der Waals surface area contributed by atoms with Gasteiger partial charge in [0.15, 0.2) is 0 Å². The number of hydrogen-bond acceptors (Lipinski definition) is 3. The van der Waals surface area contributed by atoms with E-state index in [9.17, 15) is 14.7 Å². The van der Waals surface area contributed by atoms with Crippen molar-refractivity contribution >= 4 is 12.1 Å². The van der Waals surface area contributed by atoms with Crippen molar-refractivity contribution in [1.82, 2.24) is 4.90 Å². The van der Waals surface area contributed by atoms with E-state index in [1.807, 2.05) is 24.3 Å². The first kappa shape index (κ1) is 16.4. The van der Waals surface area contributed by atoms with E-state index in [0.29, 0.717) is 6.42 Å². The Morgan fingerprint density at radius 3 is 2.22 bits per heavy atom. The van der Waals surface area contributed by atoms with E-state index in [4.69, 9.17) is 4.74 Å². The van der Waals surface area contributed by atoms with Gasteiger partial charge in [-0.15, -0.1) is 0 Å². The highest BCUT2D eigenvalue weighted by Crippen LogP contribution is 2.45. The molecule has 1 N–H and O–H groups in total. The summed E-state index contributed by atoms with van der Waals surface area (Å²) in [6.07, 6.45) is 1.81. The summed E-state index contributed by atoms with van der Waals surface area (Å²) in [5.74, 6) is -1.24. The second-order valence-corrected chi connectivity index (χ2v) is 7.69.